The van der Waals surface area contributed by atoms with Crippen molar-refractivity contribution in [1.82, 2.24) is 10.0 Å². The zero-order valence-corrected chi connectivity index (χ0v) is 18.6. The van der Waals surface area contributed by atoms with Crippen molar-refractivity contribution in [3.8, 4) is 0 Å². The van der Waals surface area contributed by atoms with Crippen molar-refractivity contribution in [2.75, 3.05) is 6.54 Å². The molecule has 0 aliphatic heterocycles. The number of hydrogen-bond acceptors (Lipinski definition) is 3. The number of rotatable bonds is 8. The summed E-state index contributed by atoms with van der Waals surface area (Å²) in [5.41, 5.74) is 1.49. The van der Waals surface area contributed by atoms with E-state index in [9.17, 15) is 26.4 Å². The molecule has 0 saturated carbocycles. The van der Waals surface area contributed by atoms with Gasteiger partial charge in [0.25, 0.3) is 0 Å². The molecule has 0 fully saturated rings. The van der Waals surface area contributed by atoms with E-state index >= 15 is 0 Å². The molecule has 0 saturated heterocycles. The summed E-state index contributed by atoms with van der Waals surface area (Å²) in [6, 6.07) is 20.3. The molecule has 33 heavy (non-hydrogen) atoms. The summed E-state index contributed by atoms with van der Waals surface area (Å²) in [5.74, 6) is -0.448. The highest BCUT2D eigenvalue weighted by Crippen LogP contribution is 2.33. The standard InChI is InChI=1S/C24H23F3N2O3S/c1-17-11-13-19(14-12-17)23(18-7-3-2-4-8-18)29-22(30)15-16-28-33(31,32)21-10-6-5-9-20(21)24(25,26)27/h2-14,23,28H,15-16H2,1H3,(H,29,30). The van der Waals surface area contributed by atoms with Gasteiger partial charge in [-0.25, -0.2) is 13.1 Å². The lowest BCUT2D eigenvalue weighted by Gasteiger charge is -2.20. The normalized spacial score (nSPS) is 12.8. The van der Waals surface area contributed by atoms with Gasteiger partial charge in [-0.2, -0.15) is 13.2 Å². The molecule has 0 radical (unpaired) electrons. The molecule has 9 heteroatoms. The molecule has 0 spiro atoms. The van der Waals surface area contributed by atoms with Gasteiger partial charge in [0, 0.05) is 13.0 Å². The minimum atomic E-state index is -4.82. The van der Waals surface area contributed by atoms with Gasteiger partial charge in [-0.1, -0.05) is 72.3 Å². The molecular weight excluding hydrogens is 453 g/mol. The van der Waals surface area contributed by atoms with E-state index in [1.54, 1.807) is 0 Å². The Labute approximate surface area is 190 Å². The molecule has 174 valence electrons. The number of nitrogens with one attached hydrogen (secondary N) is 2. The highest BCUT2D eigenvalue weighted by Gasteiger charge is 2.36. The van der Waals surface area contributed by atoms with Gasteiger partial charge in [0.05, 0.1) is 16.5 Å². The maximum Gasteiger partial charge on any atom is 0.417 e. The van der Waals surface area contributed by atoms with E-state index < -0.39 is 38.6 Å². The first kappa shape index (κ1) is 24.5. The lowest BCUT2D eigenvalue weighted by Crippen LogP contribution is -2.34. The van der Waals surface area contributed by atoms with E-state index in [-0.39, 0.29) is 13.0 Å². The number of benzene rings is 3. The van der Waals surface area contributed by atoms with Crippen LogP contribution in [0, 0.1) is 6.92 Å². The molecule has 0 heterocycles. The maximum atomic E-state index is 13.2. The Morgan fingerprint density at radius 1 is 0.879 bits per heavy atom. The van der Waals surface area contributed by atoms with Crippen molar-refractivity contribution in [1.29, 1.82) is 0 Å². The van der Waals surface area contributed by atoms with Crippen molar-refractivity contribution in [2.45, 2.75) is 30.5 Å². The molecule has 0 aromatic heterocycles. The van der Waals surface area contributed by atoms with E-state index in [2.05, 4.69) is 10.0 Å². The number of hydrogen-bond donors (Lipinski definition) is 2. The molecule has 1 unspecified atom stereocenters. The zero-order chi connectivity index (χ0) is 24.1. The van der Waals surface area contributed by atoms with Crippen LogP contribution >= 0.6 is 0 Å². The fraction of sp³-hybridized carbons (Fsp3) is 0.208. The van der Waals surface area contributed by atoms with Crippen LogP contribution in [0.2, 0.25) is 0 Å². The number of carbonyl (C=O) groups is 1. The van der Waals surface area contributed by atoms with Crippen LogP contribution in [0.5, 0.6) is 0 Å². The SMILES string of the molecule is Cc1ccc(C(NC(=O)CCNS(=O)(=O)c2ccccc2C(F)(F)F)c2ccccc2)cc1. The number of alkyl halides is 3. The van der Waals surface area contributed by atoms with Crippen molar-refractivity contribution in [2.24, 2.45) is 0 Å². The largest absolute Gasteiger partial charge is 0.417 e. The highest BCUT2D eigenvalue weighted by molar-refractivity contribution is 7.89. The Bertz CT molecular complexity index is 1200. The topological polar surface area (TPSA) is 75.3 Å². The predicted molar refractivity (Wildman–Crippen MR) is 119 cm³/mol. The zero-order valence-electron chi connectivity index (χ0n) is 17.8. The van der Waals surface area contributed by atoms with Crippen molar-refractivity contribution in [3.63, 3.8) is 0 Å². The quantitative estimate of drug-likeness (QED) is 0.500. The fourth-order valence-corrected chi connectivity index (χ4v) is 4.57. The van der Waals surface area contributed by atoms with Crippen LogP contribution in [0.25, 0.3) is 0 Å². The predicted octanol–water partition coefficient (Wildman–Crippen LogP) is 4.59. The molecule has 3 rings (SSSR count). The summed E-state index contributed by atoms with van der Waals surface area (Å²) in [6.45, 7) is 1.60. The Morgan fingerprint density at radius 3 is 2.09 bits per heavy atom. The first-order valence-electron chi connectivity index (χ1n) is 10.1. The lowest BCUT2D eigenvalue weighted by molar-refractivity contribution is -0.139. The number of carbonyl (C=O) groups excluding carboxylic acids is 1. The Hall–Kier alpha value is -3.17. The Morgan fingerprint density at radius 2 is 1.45 bits per heavy atom. The van der Waals surface area contributed by atoms with E-state index in [0.717, 1.165) is 28.8 Å². The van der Waals surface area contributed by atoms with Crippen LogP contribution < -0.4 is 10.0 Å². The maximum absolute atomic E-state index is 13.2. The highest BCUT2D eigenvalue weighted by atomic mass is 32.2. The van der Waals surface area contributed by atoms with Crippen LogP contribution in [0.3, 0.4) is 0 Å². The van der Waals surface area contributed by atoms with Crippen molar-refractivity contribution < 1.29 is 26.4 Å². The minimum Gasteiger partial charge on any atom is -0.345 e. The Balaban J connectivity index is 1.69. The van der Waals surface area contributed by atoms with Crippen LogP contribution in [0.1, 0.15) is 34.7 Å². The summed E-state index contributed by atoms with van der Waals surface area (Å²) in [5, 5.41) is 2.88. The molecule has 1 atom stereocenters. The first-order chi connectivity index (χ1) is 15.6. The van der Waals surface area contributed by atoms with Crippen LogP contribution in [0.4, 0.5) is 13.2 Å². The average Bonchev–Trinajstić information content (AvgIpc) is 2.78. The second-order valence-corrected chi connectivity index (χ2v) is 9.20. The van der Waals surface area contributed by atoms with Crippen LogP contribution in [-0.4, -0.2) is 20.9 Å². The summed E-state index contributed by atoms with van der Waals surface area (Å²) < 4.78 is 66.5. The second kappa shape index (κ2) is 10.2. The summed E-state index contributed by atoms with van der Waals surface area (Å²) in [7, 11) is -4.46. The number of halogens is 3. The van der Waals surface area contributed by atoms with Gasteiger partial charge in [-0.15, -0.1) is 0 Å². The fourth-order valence-electron chi connectivity index (χ4n) is 3.31. The van der Waals surface area contributed by atoms with Gasteiger partial charge in [-0.05, 0) is 30.2 Å². The monoisotopic (exact) mass is 476 g/mol. The summed E-state index contributed by atoms with van der Waals surface area (Å²) in [6.07, 6.45) is -5.07. The third kappa shape index (κ3) is 6.43. The molecule has 3 aromatic rings. The average molecular weight is 477 g/mol. The van der Waals surface area contributed by atoms with Crippen molar-refractivity contribution in [3.05, 3.63) is 101 Å². The lowest BCUT2D eigenvalue weighted by atomic mass is 9.97. The summed E-state index contributed by atoms with van der Waals surface area (Å²) in [4.78, 5) is 11.7. The first-order valence-corrected chi connectivity index (χ1v) is 11.6. The van der Waals surface area contributed by atoms with Gasteiger partial charge >= 0.3 is 6.18 Å². The second-order valence-electron chi connectivity index (χ2n) is 7.46. The molecule has 1 amide bonds. The van der Waals surface area contributed by atoms with E-state index in [0.29, 0.717) is 6.07 Å². The van der Waals surface area contributed by atoms with Crippen molar-refractivity contribution >= 4 is 15.9 Å². The molecule has 5 nitrogen and oxygen atoms in total. The molecule has 3 aromatic carbocycles. The van der Waals surface area contributed by atoms with Gasteiger partial charge in [-0.3, -0.25) is 4.79 Å². The van der Waals surface area contributed by atoms with Crippen LogP contribution in [0.15, 0.2) is 83.8 Å². The Kier molecular flexibility index (Phi) is 7.55. The van der Waals surface area contributed by atoms with E-state index in [1.807, 2.05) is 61.5 Å². The third-order valence-electron chi connectivity index (χ3n) is 4.98. The minimum absolute atomic E-state index is 0.247. The number of amides is 1. The van der Waals surface area contributed by atoms with E-state index in [4.69, 9.17) is 0 Å². The van der Waals surface area contributed by atoms with Gasteiger partial charge in [0.15, 0.2) is 0 Å². The number of aryl methyl sites for hydroxylation is 1. The van der Waals surface area contributed by atoms with Crippen LogP contribution in [-0.2, 0) is 21.0 Å². The van der Waals surface area contributed by atoms with E-state index in [1.165, 1.54) is 6.07 Å². The molecule has 2 N–H and O–H groups in total. The van der Waals surface area contributed by atoms with Gasteiger partial charge in [0.2, 0.25) is 15.9 Å². The molecular formula is C24H23F3N2O3S. The van der Waals surface area contributed by atoms with Gasteiger partial charge in [0.1, 0.15) is 0 Å². The van der Waals surface area contributed by atoms with Gasteiger partial charge < -0.3 is 5.32 Å². The third-order valence-corrected chi connectivity index (χ3v) is 6.49. The smallest absolute Gasteiger partial charge is 0.345 e. The molecule has 0 aliphatic rings. The number of sulfonamides is 1. The molecule has 0 bridgehead atoms. The molecule has 0 aliphatic carbocycles. The summed E-state index contributed by atoms with van der Waals surface area (Å²) >= 11 is 0.